The van der Waals surface area contributed by atoms with Gasteiger partial charge in [0, 0.05) is 17.3 Å². The predicted octanol–water partition coefficient (Wildman–Crippen LogP) is 3.00. The Labute approximate surface area is 123 Å². The van der Waals surface area contributed by atoms with Crippen molar-refractivity contribution in [2.45, 2.75) is 27.4 Å². The normalized spacial score (nSPS) is 11.2. The third-order valence-electron chi connectivity index (χ3n) is 3.85. The Morgan fingerprint density at radius 1 is 1.19 bits per heavy atom. The molecule has 4 heteroatoms. The van der Waals surface area contributed by atoms with Gasteiger partial charge in [-0.15, -0.1) is 0 Å². The van der Waals surface area contributed by atoms with Gasteiger partial charge in [-0.1, -0.05) is 23.8 Å². The molecule has 1 aromatic carbocycles. The Balaban J connectivity index is 2.34. The van der Waals surface area contributed by atoms with Crippen LogP contribution in [0.4, 0.5) is 5.82 Å². The molecule has 2 aromatic heterocycles. The van der Waals surface area contributed by atoms with Crippen LogP contribution in [0.1, 0.15) is 22.3 Å². The van der Waals surface area contributed by atoms with Crippen LogP contribution >= 0.6 is 0 Å². The number of pyridine rings is 1. The number of nitrogen functional groups attached to an aromatic ring is 1. The predicted molar refractivity (Wildman–Crippen MR) is 85.2 cm³/mol. The number of hydrogen-bond donors (Lipinski definition) is 2. The monoisotopic (exact) mass is 281 g/mol. The summed E-state index contributed by atoms with van der Waals surface area (Å²) in [5, 5.41) is 9.46. The quantitative estimate of drug-likeness (QED) is 0.759. The molecular weight excluding hydrogens is 262 g/mol. The molecular formula is C17H19N3O. The summed E-state index contributed by atoms with van der Waals surface area (Å²) in [7, 11) is 0. The second kappa shape index (κ2) is 4.90. The highest BCUT2D eigenvalue weighted by atomic mass is 16.3. The number of nitrogens with zero attached hydrogens (tertiary/aromatic N) is 2. The first-order chi connectivity index (χ1) is 10.0. The van der Waals surface area contributed by atoms with Gasteiger partial charge in [-0.05, 0) is 38.0 Å². The largest absolute Gasteiger partial charge is 0.392 e. The minimum Gasteiger partial charge on any atom is -0.392 e. The number of aryl methyl sites for hydroxylation is 3. The lowest BCUT2D eigenvalue weighted by atomic mass is 9.97. The fraction of sp³-hybridized carbons (Fsp3) is 0.235. The van der Waals surface area contributed by atoms with E-state index in [1.54, 1.807) is 0 Å². The van der Waals surface area contributed by atoms with E-state index in [1.807, 2.05) is 22.7 Å². The highest BCUT2D eigenvalue weighted by Crippen LogP contribution is 2.33. The highest BCUT2D eigenvalue weighted by molar-refractivity contribution is 5.80. The minimum atomic E-state index is -0.0495. The van der Waals surface area contributed by atoms with E-state index < -0.39 is 0 Å². The topological polar surface area (TPSA) is 63.5 Å². The first-order valence-corrected chi connectivity index (χ1v) is 6.97. The number of benzene rings is 1. The first kappa shape index (κ1) is 13.6. The molecule has 21 heavy (non-hydrogen) atoms. The van der Waals surface area contributed by atoms with Gasteiger partial charge < -0.3 is 10.8 Å². The molecule has 0 fully saturated rings. The van der Waals surface area contributed by atoms with Crippen molar-refractivity contribution in [1.82, 2.24) is 9.38 Å². The van der Waals surface area contributed by atoms with Gasteiger partial charge >= 0.3 is 0 Å². The molecule has 4 nitrogen and oxygen atoms in total. The zero-order chi connectivity index (χ0) is 15.1. The van der Waals surface area contributed by atoms with Gasteiger partial charge in [0.1, 0.15) is 17.2 Å². The fourth-order valence-electron chi connectivity index (χ4n) is 3.00. The van der Waals surface area contributed by atoms with Gasteiger partial charge in [0.25, 0.3) is 0 Å². The van der Waals surface area contributed by atoms with Gasteiger partial charge in [0.05, 0.1) is 6.61 Å². The number of nitrogens with two attached hydrogens (primary N) is 1. The number of anilines is 1. The van der Waals surface area contributed by atoms with Crippen LogP contribution in [0.5, 0.6) is 0 Å². The molecule has 0 spiro atoms. The molecule has 0 aliphatic rings. The van der Waals surface area contributed by atoms with E-state index >= 15 is 0 Å². The molecule has 0 amide bonds. The molecule has 0 saturated heterocycles. The molecule has 0 radical (unpaired) electrons. The zero-order valence-electron chi connectivity index (χ0n) is 12.5. The van der Waals surface area contributed by atoms with Crippen LogP contribution in [0.15, 0.2) is 30.5 Å². The van der Waals surface area contributed by atoms with Crippen LogP contribution in [0.25, 0.3) is 16.9 Å². The van der Waals surface area contributed by atoms with Crippen LogP contribution < -0.4 is 5.73 Å². The van der Waals surface area contributed by atoms with Crippen molar-refractivity contribution < 1.29 is 5.11 Å². The van der Waals surface area contributed by atoms with Crippen LogP contribution in [0, 0.1) is 20.8 Å². The van der Waals surface area contributed by atoms with Gasteiger partial charge in [-0.3, -0.25) is 4.40 Å². The van der Waals surface area contributed by atoms with Crippen molar-refractivity contribution in [1.29, 1.82) is 0 Å². The summed E-state index contributed by atoms with van der Waals surface area (Å²) < 4.78 is 1.83. The first-order valence-electron chi connectivity index (χ1n) is 6.97. The summed E-state index contributed by atoms with van der Waals surface area (Å²) >= 11 is 0. The third-order valence-corrected chi connectivity index (χ3v) is 3.85. The Bertz CT molecular complexity index is 810. The van der Waals surface area contributed by atoms with E-state index in [2.05, 4.69) is 37.9 Å². The summed E-state index contributed by atoms with van der Waals surface area (Å²) in [5.41, 5.74) is 13.2. The number of aliphatic hydroxyl groups is 1. The van der Waals surface area contributed by atoms with E-state index in [-0.39, 0.29) is 6.61 Å². The molecule has 108 valence electrons. The lowest BCUT2D eigenvalue weighted by molar-refractivity contribution is 0.282. The molecule has 3 aromatic rings. The van der Waals surface area contributed by atoms with Crippen LogP contribution in [-0.4, -0.2) is 14.5 Å². The Morgan fingerprint density at radius 3 is 2.48 bits per heavy atom. The average molecular weight is 281 g/mol. The van der Waals surface area contributed by atoms with Crippen molar-refractivity contribution in [2.75, 3.05) is 5.73 Å². The number of aliphatic hydroxyl groups excluding tert-OH is 1. The lowest BCUT2D eigenvalue weighted by Gasteiger charge is -2.09. The van der Waals surface area contributed by atoms with Crippen molar-refractivity contribution in [3.63, 3.8) is 0 Å². The van der Waals surface area contributed by atoms with Crippen molar-refractivity contribution in [3.8, 4) is 11.3 Å². The number of hydrogen-bond acceptors (Lipinski definition) is 3. The summed E-state index contributed by atoms with van der Waals surface area (Å²) in [6.45, 7) is 6.18. The number of aromatic nitrogens is 2. The number of rotatable bonds is 2. The average Bonchev–Trinajstić information content (AvgIpc) is 2.75. The highest BCUT2D eigenvalue weighted by Gasteiger charge is 2.17. The maximum absolute atomic E-state index is 9.46. The molecule has 0 unspecified atom stereocenters. The molecule has 2 heterocycles. The molecule has 0 aliphatic carbocycles. The number of imidazole rings is 1. The molecule has 3 N–H and O–H groups in total. The summed E-state index contributed by atoms with van der Waals surface area (Å²) in [4.78, 5) is 4.68. The summed E-state index contributed by atoms with van der Waals surface area (Å²) in [6, 6.07) is 8.01. The van der Waals surface area contributed by atoms with Crippen molar-refractivity contribution in [3.05, 3.63) is 52.7 Å². The second-order valence-corrected chi connectivity index (χ2v) is 5.50. The molecule has 3 rings (SSSR count). The van der Waals surface area contributed by atoms with E-state index in [1.165, 1.54) is 5.56 Å². The second-order valence-electron chi connectivity index (χ2n) is 5.50. The van der Waals surface area contributed by atoms with Crippen LogP contribution in [0.2, 0.25) is 0 Å². The van der Waals surface area contributed by atoms with Crippen molar-refractivity contribution in [2.24, 2.45) is 0 Å². The van der Waals surface area contributed by atoms with Gasteiger partial charge in [-0.2, -0.15) is 0 Å². The third kappa shape index (κ3) is 2.08. The van der Waals surface area contributed by atoms with Crippen LogP contribution in [0.3, 0.4) is 0 Å². The fourth-order valence-corrected chi connectivity index (χ4v) is 3.00. The summed E-state index contributed by atoms with van der Waals surface area (Å²) in [5.74, 6) is 0.607. The molecule has 0 atom stereocenters. The van der Waals surface area contributed by atoms with Crippen LogP contribution in [-0.2, 0) is 6.61 Å². The SMILES string of the molecule is Cc1cc(C)c(-c2nc3c(CO)cccn3c2N)c(C)c1. The van der Waals surface area contributed by atoms with Gasteiger partial charge in [-0.25, -0.2) is 4.98 Å². The lowest BCUT2D eigenvalue weighted by Crippen LogP contribution is -1.97. The van der Waals surface area contributed by atoms with E-state index in [0.29, 0.717) is 11.5 Å². The maximum atomic E-state index is 9.46. The molecule has 0 bridgehead atoms. The van der Waals surface area contributed by atoms with E-state index in [0.717, 1.165) is 27.9 Å². The summed E-state index contributed by atoms with van der Waals surface area (Å²) in [6.07, 6.45) is 1.87. The molecule has 0 aliphatic heterocycles. The smallest absolute Gasteiger partial charge is 0.144 e. The zero-order valence-corrected chi connectivity index (χ0v) is 12.5. The Hall–Kier alpha value is -2.33. The number of fused-ring (bicyclic) bond motifs is 1. The minimum absolute atomic E-state index is 0.0495. The van der Waals surface area contributed by atoms with Crippen molar-refractivity contribution >= 4 is 11.5 Å². The van der Waals surface area contributed by atoms with E-state index in [4.69, 9.17) is 5.73 Å². The van der Waals surface area contributed by atoms with E-state index in [9.17, 15) is 5.11 Å². The van der Waals surface area contributed by atoms with Gasteiger partial charge in [0.2, 0.25) is 0 Å². The standard InChI is InChI=1S/C17H19N3O/c1-10-7-11(2)14(12(3)8-10)15-16(18)20-6-4-5-13(9-21)17(20)19-15/h4-8,21H,9,18H2,1-3H3. The molecule has 0 saturated carbocycles. The Morgan fingerprint density at radius 2 is 1.86 bits per heavy atom. The Kier molecular flexibility index (Phi) is 3.18. The van der Waals surface area contributed by atoms with Gasteiger partial charge in [0.15, 0.2) is 0 Å². The maximum Gasteiger partial charge on any atom is 0.144 e.